The van der Waals surface area contributed by atoms with Crippen LogP contribution < -0.4 is 5.73 Å². The minimum atomic E-state index is -3.25. The Morgan fingerprint density at radius 2 is 1.79 bits per heavy atom. The molecule has 0 spiro atoms. The first kappa shape index (κ1) is 15.9. The zero-order valence-electron chi connectivity index (χ0n) is 11.0. The average molecular weight is 293 g/mol. The fourth-order valence-electron chi connectivity index (χ4n) is 1.77. The first-order valence-electron chi connectivity index (χ1n) is 5.93. The maximum Gasteiger partial charge on any atom is 0.332 e. The molecule has 0 bridgehead atoms. The molecule has 110 valence electrons. The molecule has 19 heavy (non-hydrogen) atoms. The molecule has 0 aromatic heterocycles. The Balaban J connectivity index is 2.56. The third kappa shape index (κ3) is 4.15. The molecule has 1 aliphatic rings. The molecule has 0 radical (unpaired) electrons. The SMILES string of the molecule is CCOC(=O)C(N)C(=O)N1CCN(S(C)(=O)=O)CC1. The van der Waals surface area contributed by atoms with Gasteiger partial charge in [0.2, 0.25) is 10.0 Å². The molecule has 8 nitrogen and oxygen atoms in total. The topological polar surface area (TPSA) is 110 Å². The predicted molar refractivity (Wildman–Crippen MR) is 67.6 cm³/mol. The quantitative estimate of drug-likeness (QED) is 0.473. The van der Waals surface area contributed by atoms with Gasteiger partial charge in [0.15, 0.2) is 6.04 Å². The number of hydrogen-bond acceptors (Lipinski definition) is 6. The highest BCUT2D eigenvalue weighted by Gasteiger charge is 2.32. The van der Waals surface area contributed by atoms with Crippen molar-refractivity contribution in [2.75, 3.05) is 39.0 Å². The summed E-state index contributed by atoms with van der Waals surface area (Å²) in [4.78, 5) is 24.6. The van der Waals surface area contributed by atoms with Crippen molar-refractivity contribution >= 4 is 21.9 Å². The number of piperazine rings is 1. The van der Waals surface area contributed by atoms with E-state index in [9.17, 15) is 18.0 Å². The highest BCUT2D eigenvalue weighted by Crippen LogP contribution is 2.07. The maximum absolute atomic E-state index is 11.9. The Hall–Kier alpha value is -1.19. The van der Waals surface area contributed by atoms with Crippen LogP contribution in [0.2, 0.25) is 0 Å². The summed E-state index contributed by atoms with van der Waals surface area (Å²) in [5, 5.41) is 0. The fraction of sp³-hybridized carbons (Fsp3) is 0.800. The molecule has 1 rings (SSSR count). The second-order valence-electron chi connectivity index (χ2n) is 4.22. The fourth-order valence-corrected chi connectivity index (χ4v) is 2.60. The summed E-state index contributed by atoms with van der Waals surface area (Å²) in [5.41, 5.74) is 5.50. The third-order valence-corrected chi connectivity index (χ3v) is 4.13. The van der Waals surface area contributed by atoms with Gasteiger partial charge in [-0.05, 0) is 6.92 Å². The van der Waals surface area contributed by atoms with E-state index in [1.54, 1.807) is 6.92 Å². The number of sulfonamides is 1. The van der Waals surface area contributed by atoms with Crippen LogP contribution in [0.5, 0.6) is 0 Å². The summed E-state index contributed by atoms with van der Waals surface area (Å²) in [7, 11) is -3.25. The zero-order valence-corrected chi connectivity index (χ0v) is 11.9. The normalized spacial score (nSPS) is 19.0. The number of carbonyl (C=O) groups is 2. The van der Waals surface area contributed by atoms with Crippen LogP contribution in [0.3, 0.4) is 0 Å². The number of amides is 1. The molecule has 0 aliphatic carbocycles. The Labute approximate surface area is 112 Å². The van der Waals surface area contributed by atoms with Gasteiger partial charge in [0.25, 0.3) is 5.91 Å². The molecule has 1 unspecified atom stereocenters. The Morgan fingerprint density at radius 1 is 1.26 bits per heavy atom. The zero-order chi connectivity index (χ0) is 14.6. The van der Waals surface area contributed by atoms with E-state index in [0.29, 0.717) is 0 Å². The molecule has 9 heteroatoms. The lowest BCUT2D eigenvalue weighted by molar-refractivity contribution is -0.151. The lowest BCUT2D eigenvalue weighted by Crippen LogP contribution is -2.56. The highest BCUT2D eigenvalue weighted by molar-refractivity contribution is 7.88. The molecule has 0 aromatic carbocycles. The van der Waals surface area contributed by atoms with Gasteiger partial charge in [-0.2, -0.15) is 4.31 Å². The largest absolute Gasteiger partial charge is 0.464 e. The summed E-state index contributed by atoms with van der Waals surface area (Å²) in [6.45, 7) is 2.64. The van der Waals surface area contributed by atoms with Gasteiger partial charge in [0.05, 0.1) is 12.9 Å². The van der Waals surface area contributed by atoms with E-state index >= 15 is 0 Å². The van der Waals surface area contributed by atoms with E-state index in [4.69, 9.17) is 5.73 Å². The van der Waals surface area contributed by atoms with Gasteiger partial charge in [-0.3, -0.25) is 4.79 Å². The maximum atomic E-state index is 11.9. The van der Waals surface area contributed by atoms with E-state index in [0.717, 1.165) is 6.26 Å². The van der Waals surface area contributed by atoms with Crippen LogP contribution in [0.25, 0.3) is 0 Å². The summed E-state index contributed by atoms with van der Waals surface area (Å²) in [6.07, 6.45) is 1.12. The number of carbonyl (C=O) groups excluding carboxylic acids is 2. The number of nitrogens with zero attached hydrogens (tertiary/aromatic N) is 2. The van der Waals surface area contributed by atoms with Crippen molar-refractivity contribution in [3.8, 4) is 0 Å². The average Bonchev–Trinajstić information content (AvgIpc) is 2.36. The van der Waals surface area contributed by atoms with Gasteiger partial charge >= 0.3 is 5.97 Å². The molecule has 0 aromatic rings. The van der Waals surface area contributed by atoms with Crippen molar-refractivity contribution in [3.63, 3.8) is 0 Å². The lowest BCUT2D eigenvalue weighted by atomic mass is 10.2. The lowest BCUT2D eigenvalue weighted by Gasteiger charge is -2.34. The Kier molecular flexibility index (Phi) is 5.27. The first-order chi connectivity index (χ1) is 8.77. The molecule has 1 atom stereocenters. The van der Waals surface area contributed by atoms with Crippen molar-refractivity contribution in [2.24, 2.45) is 5.73 Å². The van der Waals surface area contributed by atoms with Crippen molar-refractivity contribution in [1.82, 2.24) is 9.21 Å². The minimum Gasteiger partial charge on any atom is -0.464 e. The number of esters is 1. The summed E-state index contributed by atoms with van der Waals surface area (Å²) < 4.78 is 28.6. The summed E-state index contributed by atoms with van der Waals surface area (Å²) in [6, 6.07) is -1.34. The van der Waals surface area contributed by atoms with Crippen LogP contribution in [0.1, 0.15) is 6.92 Å². The number of rotatable bonds is 4. The summed E-state index contributed by atoms with van der Waals surface area (Å²) >= 11 is 0. The minimum absolute atomic E-state index is 0.154. The molecular formula is C10H19N3O5S. The standard InChI is InChI=1S/C10H19N3O5S/c1-3-18-10(15)8(11)9(14)12-4-6-13(7-5-12)19(2,16)17/h8H,3-7,11H2,1-2H3. The van der Waals surface area contributed by atoms with Crippen molar-refractivity contribution in [2.45, 2.75) is 13.0 Å². The van der Waals surface area contributed by atoms with Crippen LogP contribution in [0.4, 0.5) is 0 Å². The summed E-state index contributed by atoms with van der Waals surface area (Å²) in [5.74, 6) is -1.30. The second kappa shape index (κ2) is 6.31. The van der Waals surface area contributed by atoms with Crippen LogP contribution in [0.15, 0.2) is 0 Å². The van der Waals surface area contributed by atoms with Crippen LogP contribution in [-0.4, -0.2) is 74.6 Å². The van der Waals surface area contributed by atoms with E-state index in [2.05, 4.69) is 4.74 Å². The number of hydrogen-bond donors (Lipinski definition) is 1. The van der Waals surface area contributed by atoms with Gasteiger partial charge in [-0.25, -0.2) is 13.2 Å². The third-order valence-electron chi connectivity index (χ3n) is 2.83. The van der Waals surface area contributed by atoms with Gasteiger partial charge < -0.3 is 15.4 Å². The van der Waals surface area contributed by atoms with Crippen molar-refractivity contribution in [3.05, 3.63) is 0 Å². The van der Waals surface area contributed by atoms with Gasteiger partial charge in [-0.1, -0.05) is 0 Å². The molecule has 1 heterocycles. The molecule has 1 amide bonds. The van der Waals surface area contributed by atoms with Gasteiger partial charge in [0.1, 0.15) is 0 Å². The van der Waals surface area contributed by atoms with Crippen LogP contribution in [0, 0.1) is 0 Å². The predicted octanol–water partition coefficient (Wildman–Crippen LogP) is -2.02. The Morgan fingerprint density at radius 3 is 2.21 bits per heavy atom. The molecule has 2 N–H and O–H groups in total. The second-order valence-corrected chi connectivity index (χ2v) is 6.20. The smallest absolute Gasteiger partial charge is 0.332 e. The monoisotopic (exact) mass is 293 g/mol. The van der Waals surface area contributed by atoms with Gasteiger partial charge in [-0.15, -0.1) is 0 Å². The van der Waals surface area contributed by atoms with E-state index in [1.165, 1.54) is 9.21 Å². The molecular weight excluding hydrogens is 274 g/mol. The molecule has 1 fully saturated rings. The highest BCUT2D eigenvalue weighted by atomic mass is 32.2. The Bertz CT molecular complexity index is 442. The van der Waals surface area contributed by atoms with Crippen molar-refractivity contribution < 1.29 is 22.7 Å². The first-order valence-corrected chi connectivity index (χ1v) is 7.78. The van der Waals surface area contributed by atoms with E-state index in [-0.39, 0.29) is 32.8 Å². The van der Waals surface area contributed by atoms with E-state index < -0.39 is 27.9 Å². The van der Waals surface area contributed by atoms with Crippen molar-refractivity contribution in [1.29, 1.82) is 0 Å². The molecule has 1 saturated heterocycles. The molecule has 1 aliphatic heterocycles. The number of ether oxygens (including phenoxy) is 1. The van der Waals surface area contributed by atoms with Crippen LogP contribution in [-0.2, 0) is 24.3 Å². The van der Waals surface area contributed by atoms with Crippen LogP contribution >= 0.6 is 0 Å². The number of nitrogens with two attached hydrogens (primary N) is 1. The molecule has 0 saturated carbocycles. The van der Waals surface area contributed by atoms with Gasteiger partial charge in [0, 0.05) is 26.2 Å². The van der Waals surface area contributed by atoms with E-state index in [1.807, 2.05) is 0 Å².